The molecule has 0 fully saturated rings. The maximum atomic E-state index is 14.1. The molecule has 0 aliphatic heterocycles. The zero-order valence-electron chi connectivity index (χ0n) is 18.3. The molecule has 0 atom stereocenters. The highest BCUT2D eigenvalue weighted by molar-refractivity contribution is 5.79. The molecular weight excluding hydrogens is 498 g/mol. The maximum Gasteiger partial charge on any atom is 0.421 e. The molecule has 0 saturated carbocycles. The summed E-state index contributed by atoms with van der Waals surface area (Å²) in [5, 5.41) is 10.7. The highest BCUT2D eigenvalue weighted by atomic mass is 19.4. The van der Waals surface area contributed by atoms with Crippen LogP contribution in [0.25, 0.3) is 10.9 Å². The summed E-state index contributed by atoms with van der Waals surface area (Å²) < 4.78 is 87.9. The van der Waals surface area contributed by atoms with Crippen LogP contribution in [0.3, 0.4) is 0 Å². The van der Waals surface area contributed by atoms with Crippen LogP contribution in [0.4, 0.5) is 26.3 Å². The predicted molar refractivity (Wildman–Crippen MR) is 115 cm³/mol. The van der Waals surface area contributed by atoms with Crippen LogP contribution in [-0.2, 0) is 6.54 Å². The van der Waals surface area contributed by atoms with Crippen molar-refractivity contribution in [2.75, 3.05) is 0 Å². The second kappa shape index (κ2) is 10.1. The van der Waals surface area contributed by atoms with E-state index < -0.39 is 63.4 Å². The van der Waals surface area contributed by atoms with Crippen LogP contribution in [0.2, 0.25) is 0 Å². The van der Waals surface area contributed by atoms with E-state index in [1.807, 2.05) is 0 Å². The van der Waals surface area contributed by atoms with Gasteiger partial charge in [-0.25, -0.2) is 13.2 Å². The average Bonchev–Trinajstić information content (AvgIpc) is 2.77. The Bertz CT molecular complexity index is 1440. The number of aromatic nitrogens is 2. The van der Waals surface area contributed by atoms with Gasteiger partial charge in [-0.15, -0.1) is 0 Å². The first-order valence-electron chi connectivity index (χ1n) is 10.0. The van der Waals surface area contributed by atoms with Crippen LogP contribution in [0, 0.1) is 27.6 Å². The number of nitro groups is 1. The van der Waals surface area contributed by atoms with E-state index in [0.29, 0.717) is 12.1 Å². The van der Waals surface area contributed by atoms with Gasteiger partial charge in [0.05, 0.1) is 28.7 Å². The molecule has 0 spiro atoms. The van der Waals surface area contributed by atoms with Gasteiger partial charge in [0.1, 0.15) is 28.8 Å². The Hall–Kier alpha value is -4.36. The van der Waals surface area contributed by atoms with Gasteiger partial charge in [0.2, 0.25) is 11.6 Å². The summed E-state index contributed by atoms with van der Waals surface area (Å²) in [7, 11) is 0. The van der Waals surface area contributed by atoms with E-state index in [1.54, 1.807) is 0 Å². The first kappa shape index (κ1) is 26.2. The second-order valence-electron chi connectivity index (χ2n) is 7.33. The summed E-state index contributed by atoms with van der Waals surface area (Å²) in [6.07, 6.45) is -4.19. The molecule has 14 heteroatoms. The average molecular weight is 514 g/mol. The lowest BCUT2D eigenvalue weighted by atomic mass is 10.1. The Labute approximate surface area is 198 Å². The molecule has 1 heterocycles. The number of ether oxygens (including phenoxy) is 1. The molecule has 1 aromatic heterocycles. The van der Waals surface area contributed by atoms with Crippen molar-refractivity contribution in [1.82, 2.24) is 9.55 Å². The van der Waals surface area contributed by atoms with Gasteiger partial charge in [0, 0.05) is 30.2 Å². The van der Waals surface area contributed by atoms with E-state index >= 15 is 0 Å². The predicted octanol–water partition coefficient (Wildman–Crippen LogP) is 4.54. The lowest BCUT2D eigenvalue weighted by molar-refractivity contribution is -0.427. The van der Waals surface area contributed by atoms with E-state index in [4.69, 9.17) is 10.5 Å². The van der Waals surface area contributed by atoms with Gasteiger partial charge in [-0.05, 0) is 18.2 Å². The van der Waals surface area contributed by atoms with E-state index in [0.717, 1.165) is 23.0 Å². The van der Waals surface area contributed by atoms with Gasteiger partial charge in [0.25, 0.3) is 5.56 Å². The van der Waals surface area contributed by atoms with Gasteiger partial charge in [-0.3, -0.25) is 14.9 Å². The summed E-state index contributed by atoms with van der Waals surface area (Å²) >= 11 is 0. The number of rotatable bonds is 7. The van der Waals surface area contributed by atoms with E-state index in [1.165, 1.54) is 13.0 Å². The number of nitrogens with two attached hydrogens (primary N) is 1. The molecule has 0 saturated heterocycles. The van der Waals surface area contributed by atoms with Gasteiger partial charge >= 0.3 is 6.18 Å². The summed E-state index contributed by atoms with van der Waals surface area (Å²) in [5.41, 5.74) is 1.80. The molecule has 0 aliphatic carbocycles. The SMILES string of the molecule is CC/C(=C\C(=C(/N)Oc1ccc2c(c1)c(=O)ncn2Cc1c(F)cc(F)cc1F)C(F)(F)F)[N+](=O)[O-]. The van der Waals surface area contributed by atoms with E-state index in [2.05, 4.69) is 4.98 Å². The Kier molecular flexibility index (Phi) is 7.36. The zero-order chi connectivity index (χ0) is 26.8. The highest BCUT2D eigenvalue weighted by Crippen LogP contribution is 2.31. The standard InChI is InChI=1S/C22H16F6N4O4/c1-2-12(32(34)35)7-16(22(26,27)28)20(29)36-13-3-4-19-14(8-13)21(33)30-10-31(19)9-15-17(24)5-11(23)6-18(15)25/h3-8,10H,2,9,29H2,1H3/b12-7+,20-16-. The minimum absolute atomic E-state index is 0.0746. The maximum absolute atomic E-state index is 14.1. The van der Waals surface area contributed by atoms with Crippen LogP contribution in [0.5, 0.6) is 5.75 Å². The summed E-state index contributed by atoms with van der Waals surface area (Å²) in [4.78, 5) is 25.8. The number of fused-ring (bicyclic) bond motifs is 1. The molecule has 0 unspecified atom stereocenters. The molecule has 3 rings (SSSR count). The topological polar surface area (TPSA) is 113 Å². The molecule has 0 radical (unpaired) electrons. The Balaban J connectivity index is 2.06. The third kappa shape index (κ3) is 5.64. The first-order valence-corrected chi connectivity index (χ1v) is 10.0. The molecule has 2 aromatic carbocycles. The molecule has 0 amide bonds. The summed E-state index contributed by atoms with van der Waals surface area (Å²) in [6.45, 7) is 0.790. The number of allylic oxidation sites excluding steroid dienone is 3. The Morgan fingerprint density at radius 3 is 2.39 bits per heavy atom. The van der Waals surface area contributed by atoms with Crippen LogP contribution in [0.1, 0.15) is 18.9 Å². The summed E-state index contributed by atoms with van der Waals surface area (Å²) in [6, 6.07) is 4.28. The largest absolute Gasteiger partial charge is 0.441 e. The van der Waals surface area contributed by atoms with Gasteiger partial charge in [-0.1, -0.05) is 6.92 Å². The monoisotopic (exact) mass is 514 g/mol. The first-order chi connectivity index (χ1) is 16.8. The van der Waals surface area contributed by atoms with Crippen molar-refractivity contribution >= 4 is 10.9 Å². The van der Waals surface area contributed by atoms with Crippen molar-refractivity contribution in [3.05, 3.63) is 103 Å². The number of alkyl halides is 3. The molecule has 0 bridgehead atoms. The number of benzene rings is 2. The quantitative estimate of drug-likeness (QED) is 0.163. The van der Waals surface area contributed by atoms with Crippen molar-refractivity contribution in [2.24, 2.45) is 5.73 Å². The van der Waals surface area contributed by atoms with Crippen molar-refractivity contribution < 1.29 is 36.0 Å². The molecule has 0 aliphatic rings. The molecular formula is C22H16F6N4O4. The third-order valence-corrected chi connectivity index (χ3v) is 4.96. The zero-order valence-corrected chi connectivity index (χ0v) is 18.3. The second-order valence-corrected chi connectivity index (χ2v) is 7.33. The smallest absolute Gasteiger partial charge is 0.421 e. The number of halogens is 6. The van der Waals surface area contributed by atoms with Crippen LogP contribution in [0.15, 0.2) is 64.7 Å². The number of nitrogens with zero attached hydrogens (tertiary/aromatic N) is 3. The fourth-order valence-electron chi connectivity index (χ4n) is 3.20. The highest BCUT2D eigenvalue weighted by Gasteiger charge is 2.37. The molecule has 190 valence electrons. The van der Waals surface area contributed by atoms with Gasteiger partial charge in [0.15, 0.2) is 0 Å². The van der Waals surface area contributed by atoms with Gasteiger partial charge in [-0.2, -0.15) is 18.2 Å². The number of hydrogen-bond acceptors (Lipinski definition) is 6. The summed E-state index contributed by atoms with van der Waals surface area (Å²) in [5.74, 6) is -5.03. The molecule has 36 heavy (non-hydrogen) atoms. The van der Waals surface area contributed by atoms with E-state index in [-0.39, 0.29) is 29.1 Å². The third-order valence-electron chi connectivity index (χ3n) is 4.96. The Morgan fingerprint density at radius 1 is 1.19 bits per heavy atom. The Morgan fingerprint density at radius 2 is 1.83 bits per heavy atom. The fourth-order valence-corrected chi connectivity index (χ4v) is 3.20. The minimum atomic E-state index is -5.10. The van der Waals surface area contributed by atoms with Crippen LogP contribution < -0.4 is 16.0 Å². The van der Waals surface area contributed by atoms with Gasteiger partial charge < -0.3 is 15.0 Å². The van der Waals surface area contributed by atoms with E-state index in [9.17, 15) is 41.3 Å². The fraction of sp³-hybridized carbons (Fsp3) is 0.182. The van der Waals surface area contributed by atoms with Crippen LogP contribution in [-0.4, -0.2) is 20.7 Å². The molecule has 3 aromatic rings. The van der Waals surface area contributed by atoms with Crippen LogP contribution >= 0.6 is 0 Å². The molecule has 8 nitrogen and oxygen atoms in total. The van der Waals surface area contributed by atoms with Crippen molar-refractivity contribution in [1.29, 1.82) is 0 Å². The van der Waals surface area contributed by atoms with Crippen molar-refractivity contribution in [3.63, 3.8) is 0 Å². The lowest BCUT2D eigenvalue weighted by Gasteiger charge is -2.15. The number of hydrogen-bond donors (Lipinski definition) is 1. The van der Waals surface area contributed by atoms with Crippen molar-refractivity contribution in [2.45, 2.75) is 26.1 Å². The lowest BCUT2D eigenvalue weighted by Crippen LogP contribution is -2.21. The van der Waals surface area contributed by atoms with Crippen molar-refractivity contribution in [3.8, 4) is 5.75 Å². The normalized spacial score (nSPS) is 13.0. The minimum Gasteiger partial charge on any atom is -0.441 e. The molecule has 2 N–H and O–H groups in total.